The predicted octanol–water partition coefficient (Wildman–Crippen LogP) is 3.05. The van der Waals surface area contributed by atoms with E-state index in [1.54, 1.807) is 18.4 Å². The first kappa shape index (κ1) is 14.5. The molecular formula is C16H16N2O3S. The average molecular weight is 316 g/mol. The maximum Gasteiger partial charge on any atom is 0.267 e. The summed E-state index contributed by atoms with van der Waals surface area (Å²) in [6.07, 6.45) is 0. The highest BCUT2D eigenvalue weighted by Gasteiger charge is 2.09. The molecule has 114 valence electrons. The van der Waals surface area contributed by atoms with Crippen molar-refractivity contribution in [1.82, 2.24) is 10.3 Å². The molecular weight excluding hydrogens is 300 g/mol. The van der Waals surface area contributed by atoms with Crippen molar-refractivity contribution in [3.63, 3.8) is 0 Å². The monoisotopic (exact) mass is 316 g/mol. The molecule has 0 aliphatic heterocycles. The lowest BCUT2D eigenvalue weighted by Gasteiger charge is -2.07. The number of methoxy groups -OCH3 is 1. The van der Waals surface area contributed by atoms with Crippen molar-refractivity contribution in [3.05, 3.63) is 47.5 Å². The van der Waals surface area contributed by atoms with Gasteiger partial charge in [0, 0.05) is 0 Å². The molecule has 6 heteroatoms. The molecule has 5 nitrogen and oxygen atoms in total. The number of ether oxygens (including phenoxy) is 2. The fraction of sp³-hybridized carbons (Fsp3) is 0.188. The molecule has 1 aromatic carbocycles. The Labute approximate surface area is 131 Å². The van der Waals surface area contributed by atoms with Gasteiger partial charge in [-0.15, -0.1) is 11.3 Å². The number of hydrogen-bond donors (Lipinski definition) is 2. The number of carbonyl (C=O) groups is 1. The van der Waals surface area contributed by atoms with Crippen molar-refractivity contribution in [2.75, 3.05) is 20.3 Å². The van der Waals surface area contributed by atoms with Crippen LogP contribution in [0.1, 0.15) is 10.5 Å². The number of amides is 1. The number of carbonyl (C=O) groups excluding carboxylic acids is 1. The molecule has 2 N–H and O–H groups in total. The summed E-state index contributed by atoms with van der Waals surface area (Å²) in [5.74, 6) is 1.41. The summed E-state index contributed by atoms with van der Waals surface area (Å²) in [7, 11) is 1.62. The van der Waals surface area contributed by atoms with Gasteiger partial charge in [-0.3, -0.25) is 4.79 Å². The highest BCUT2D eigenvalue weighted by atomic mass is 32.1. The summed E-state index contributed by atoms with van der Waals surface area (Å²) in [4.78, 5) is 15.1. The van der Waals surface area contributed by atoms with Crippen LogP contribution in [0.2, 0.25) is 0 Å². The Kier molecular flexibility index (Phi) is 4.29. The van der Waals surface area contributed by atoms with Crippen molar-refractivity contribution < 1.29 is 14.3 Å². The third kappa shape index (κ3) is 3.23. The van der Waals surface area contributed by atoms with Gasteiger partial charge in [0.25, 0.3) is 5.91 Å². The van der Waals surface area contributed by atoms with Gasteiger partial charge in [0.05, 0.1) is 23.9 Å². The van der Waals surface area contributed by atoms with E-state index in [9.17, 15) is 4.79 Å². The van der Waals surface area contributed by atoms with Gasteiger partial charge in [-0.1, -0.05) is 0 Å². The van der Waals surface area contributed by atoms with Gasteiger partial charge in [-0.25, -0.2) is 0 Å². The van der Waals surface area contributed by atoms with Crippen LogP contribution in [0.15, 0.2) is 41.8 Å². The first-order valence-corrected chi connectivity index (χ1v) is 7.75. The Morgan fingerprint density at radius 1 is 1.23 bits per heavy atom. The number of rotatable bonds is 6. The summed E-state index contributed by atoms with van der Waals surface area (Å²) in [5, 5.41) is 4.82. The maximum absolute atomic E-state index is 12.0. The maximum atomic E-state index is 12.0. The van der Waals surface area contributed by atoms with Gasteiger partial charge in [-0.05, 0) is 41.8 Å². The number of aromatic amines is 1. The zero-order chi connectivity index (χ0) is 15.4. The smallest absolute Gasteiger partial charge is 0.267 e. The lowest BCUT2D eigenvalue weighted by atomic mass is 10.3. The fourth-order valence-corrected chi connectivity index (χ4v) is 2.85. The second-order valence-corrected chi connectivity index (χ2v) is 5.61. The lowest BCUT2D eigenvalue weighted by molar-refractivity contribution is 0.0943. The van der Waals surface area contributed by atoms with E-state index in [1.165, 1.54) is 0 Å². The molecule has 0 spiro atoms. The van der Waals surface area contributed by atoms with Crippen LogP contribution in [0.4, 0.5) is 0 Å². The minimum Gasteiger partial charge on any atom is -0.497 e. The van der Waals surface area contributed by atoms with Crippen molar-refractivity contribution in [3.8, 4) is 11.5 Å². The van der Waals surface area contributed by atoms with Crippen LogP contribution in [0.25, 0.3) is 10.2 Å². The molecule has 1 amide bonds. The molecule has 0 unspecified atom stereocenters. The van der Waals surface area contributed by atoms with Crippen LogP contribution in [-0.2, 0) is 0 Å². The number of nitrogens with one attached hydrogen (secondary N) is 2. The van der Waals surface area contributed by atoms with Gasteiger partial charge in [0.2, 0.25) is 0 Å². The number of H-pyrrole nitrogens is 1. The van der Waals surface area contributed by atoms with Gasteiger partial charge in [-0.2, -0.15) is 0 Å². The molecule has 3 rings (SSSR count). The molecule has 0 aliphatic rings. The predicted molar refractivity (Wildman–Crippen MR) is 87.0 cm³/mol. The van der Waals surface area contributed by atoms with Crippen LogP contribution < -0.4 is 14.8 Å². The molecule has 2 aromatic heterocycles. The normalized spacial score (nSPS) is 10.6. The third-order valence-electron chi connectivity index (χ3n) is 3.20. The first-order chi connectivity index (χ1) is 10.8. The highest BCUT2D eigenvalue weighted by Crippen LogP contribution is 2.21. The number of thiophene rings is 1. The molecule has 0 aliphatic carbocycles. The number of fused-ring (bicyclic) bond motifs is 1. The molecule has 0 saturated heterocycles. The van der Waals surface area contributed by atoms with Crippen LogP contribution >= 0.6 is 11.3 Å². The quantitative estimate of drug-likeness (QED) is 0.687. The van der Waals surface area contributed by atoms with Crippen LogP contribution in [0.5, 0.6) is 11.5 Å². The van der Waals surface area contributed by atoms with E-state index in [0.717, 1.165) is 21.7 Å². The van der Waals surface area contributed by atoms with Gasteiger partial charge >= 0.3 is 0 Å². The molecule has 0 saturated carbocycles. The fourth-order valence-electron chi connectivity index (χ4n) is 2.07. The number of benzene rings is 1. The summed E-state index contributed by atoms with van der Waals surface area (Å²) in [5.41, 5.74) is 1.57. The molecule has 0 radical (unpaired) electrons. The molecule has 2 heterocycles. The summed E-state index contributed by atoms with van der Waals surface area (Å²) in [6.45, 7) is 0.852. The topological polar surface area (TPSA) is 63.4 Å². The largest absolute Gasteiger partial charge is 0.497 e. The molecule has 3 aromatic rings. The summed E-state index contributed by atoms with van der Waals surface area (Å²) >= 11 is 1.61. The minimum atomic E-state index is -0.123. The van der Waals surface area contributed by atoms with E-state index in [4.69, 9.17) is 9.47 Å². The third-order valence-corrected chi connectivity index (χ3v) is 4.06. The lowest BCUT2D eigenvalue weighted by Crippen LogP contribution is -2.28. The van der Waals surface area contributed by atoms with Crippen molar-refractivity contribution >= 4 is 27.5 Å². The Morgan fingerprint density at radius 3 is 2.73 bits per heavy atom. The van der Waals surface area contributed by atoms with Crippen molar-refractivity contribution in [2.45, 2.75) is 0 Å². The van der Waals surface area contributed by atoms with Crippen LogP contribution in [0, 0.1) is 0 Å². The molecule has 0 fully saturated rings. The van der Waals surface area contributed by atoms with E-state index in [1.807, 2.05) is 41.8 Å². The summed E-state index contributed by atoms with van der Waals surface area (Å²) in [6, 6.07) is 11.2. The molecule has 0 bridgehead atoms. The standard InChI is InChI=1S/C16H16N2O3S/c1-20-11-2-4-12(5-3-11)21-8-7-17-16(19)14-10-15-13(18-14)6-9-22-15/h2-6,9-10,18H,7-8H2,1H3,(H,17,19). The van der Waals surface area contributed by atoms with E-state index in [2.05, 4.69) is 10.3 Å². The zero-order valence-corrected chi connectivity index (χ0v) is 12.9. The number of aromatic nitrogens is 1. The van der Waals surface area contributed by atoms with Crippen LogP contribution in [0.3, 0.4) is 0 Å². The number of hydrogen-bond acceptors (Lipinski definition) is 4. The van der Waals surface area contributed by atoms with Crippen molar-refractivity contribution in [2.24, 2.45) is 0 Å². The van der Waals surface area contributed by atoms with Crippen molar-refractivity contribution in [1.29, 1.82) is 0 Å². The second-order valence-electron chi connectivity index (χ2n) is 4.66. The van der Waals surface area contributed by atoms with Gasteiger partial charge in [0.1, 0.15) is 23.8 Å². The van der Waals surface area contributed by atoms with E-state index in [0.29, 0.717) is 18.8 Å². The van der Waals surface area contributed by atoms with E-state index < -0.39 is 0 Å². The van der Waals surface area contributed by atoms with Gasteiger partial charge in [0.15, 0.2) is 0 Å². The Bertz CT molecular complexity index is 733. The molecule has 22 heavy (non-hydrogen) atoms. The van der Waals surface area contributed by atoms with Crippen LogP contribution in [-0.4, -0.2) is 31.2 Å². The second kappa shape index (κ2) is 6.53. The Hall–Kier alpha value is -2.47. The highest BCUT2D eigenvalue weighted by molar-refractivity contribution is 7.17. The minimum absolute atomic E-state index is 0.123. The Morgan fingerprint density at radius 2 is 2.00 bits per heavy atom. The Balaban J connectivity index is 1.46. The SMILES string of the molecule is COc1ccc(OCCNC(=O)c2cc3sccc3[nH]2)cc1. The summed E-state index contributed by atoms with van der Waals surface area (Å²) < 4.78 is 11.7. The molecule has 0 atom stereocenters. The van der Waals surface area contributed by atoms with E-state index >= 15 is 0 Å². The zero-order valence-electron chi connectivity index (χ0n) is 12.1. The first-order valence-electron chi connectivity index (χ1n) is 6.87. The van der Waals surface area contributed by atoms with Gasteiger partial charge < -0.3 is 19.8 Å². The average Bonchev–Trinajstić information content (AvgIpc) is 3.13. The van der Waals surface area contributed by atoms with E-state index in [-0.39, 0.29) is 5.91 Å².